The van der Waals surface area contributed by atoms with Crippen LogP contribution in [0.1, 0.15) is 159 Å². The van der Waals surface area contributed by atoms with Crippen LogP contribution in [-0.4, -0.2) is 95.6 Å². The summed E-state index contributed by atoms with van der Waals surface area (Å²) in [6.07, 6.45) is 42.1. The third-order valence-corrected chi connectivity index (χ3v) is 30.8. The molecule has 5 N–H and O–H groups in total. The van der Waals surface area contributed by atoms with Gasteiger partial charge in [-0.05, 0) is 283 Å². The Morgan fingerprint density at radius 1 is 0.380 bits per heavy atom. The number of benzene rings is 2. The Labute approximate surface area is 746 Å². The second-order valence-corrected chi connectivity index (χ2v) is 37.9. The second-order valence-electron chi connectivity index (χ2n) is 37.9. The minimum Gasteiger partial charge on any atom is -0.463 e. The summed E-state index contributed by atoms with van der Waals surface area (Å²) >= 11 is 0. The van der Waals surface area contributed by atoms with Gasteiger partial charge >= 0.3 is 0 Å². The Morgan fingerprint density at radius 2 is 0.760 bits per heavy atom. The highest BCUT2D eigenvalue weighted by molar-refractivity contribution is 5.95. The first-order valence-corrected chi connectivity index (χ1v) is 46.5. The van der Waals surface area contributed by atoms with Crippen LogP contribution in [-0.2, 0) is 26.3 Å². The number of halogens is 4. The number of aromatic nitrogens is 18. The number of hydrogen-bond acceptors (Lipinski definition) is 15. The highest BCUT2D eigenvalue weighted by Crippen LogP contribution is 2.54. The Morgan fingerprint density at radius 3 is 1.16 bits per heavy atom. The molecule has 24 heteroatoms. The molecule has 0 radical (unpaired) electrons. The molecule has 20 nitrogen and oxygen atoms in total. The number of aryl methyl sites for hydroxylation is 1. The smallest absolute Gasteiger partial charge is 0.165 e. The van der Waals surface area contributed by atoms with Crippen LogP contribution in [0, 0.1) is 124 Å². The van der Waals surface area contributed by atoms with Crippen molar-refractivity contribution in [3.63, 3.8) is 0 Å². The summed E-state index contributed by atoms with van der Waals surface area (Å²) in [5.74, 6) is 19.9. The quantitative estimate of drug-likeness (QED) is 0.0472. The van der Waals surface area contributed by atoms with Gasteiger partial charge in [-0.1, -0.05) is 82.1 Å². The van der Waals surface area contributed by atoms with Crippen molar-refractivity contribution in [1.82, 2.24) is 89.5 Å². The fourth-order valence-corrected chi connectivity index (χ4v) is 23.8. The van der Waals surface area contributed by atoms with Crippen LogP contribution in [0.3, 0.4) is 0 Å². The minimum atomic E-state index is -0.390. The Hall–Kier alpha value is -12.9. The molecule has 12 fully saturated rings. The predicted octanol–water partition coefficient (Wildman–Crippen LogP) is 23.4. The largest absolute Gasteiger partial charge is 0.463 e. The second kappa shape index (κ2) is 35.6. The Kier molecular flexibility index (Phi) is 22.9. The van der Waals surface area contributed by atoms with E-state index in [-0.39, 0.29) is 17.5 Å². The van der Waals surface area contributed by atoms with E-state index >= 15 is 0 Å². The summed E-state index contributed by atoms with van der Waals surface area (Å²) in [4.78, 5) is 68.2. The molecule has 0 aliphatic heterocycles. The van der Waals surface area contributed by atoms with Crippen molar-refractivity contribution in [3.8, 4) is 91.4 Å². The number of hydrogen-bond donors (Lipinski definition) is 5. The lowest BCUT2D eigenvalue weighted by Crippen LogP contribution is -2.47. The molecule has 654 valence electrons. The van der Waals surface area contributed by atoms with E-state index in [1.165, 1.54) is 152 Å². The molecule has 12 aliphatic carbocycles. The number of pyridine rings is 4. The molecule has 0 saturated heterocycles. The molecule has 0 spiro atoms. The number of rotatable bonds is 15. The third kappa shape index (κ3) is 17.3. The van der Waals surface area contributed by atoms with Gasteiger partial charge in [-0.2, -0.15) is 5.10 Å². The van der Waals surface area contributed by atoms with Crippen LogP contribution in [0.2, 0.25) is 0 Å². The van der Waals surface area contributed by atoms with E-state index in [4.69, 9.17) is 44.3 Å². The SMILES string of the molecule is CC1C2CCC(CC2)C1Cc1cc(-c2cnn(C)c2)nc(-c2c[nH]c3ncc(F)cc23)n1.CC1C2CCC(CC2)C1Nc1cc(C#Cc2ccccc2)nc(-c2c[nH]c3ncc(F)cc23)n1.C[C@H]1C2CCC(CC2)[C@@H]1Cc1cc(-c2ccccc2)nc(-c2c[nH]c3ncc(F)cc23)n1.C[C@H]1C2CCC(CC2)[C@@H]1Cc1cc(-c2ccco2)nc(-c2c[nH]c3ncc(F)cc23)n1. The standard InChI is InChI=1S/C28H26FN5.C27H27FN4.C25H27FN6.C25H25FN4O/c1-17-19-8-10-20(11-9-19)26(17)33-25-14-22(12-7-18-5-3-2-4-6-18)32-28(34-25)24-16-31-27-23(24)13-21(29)15-30-27;1-16-17-7-9-18(10-8-17)22(16)12-21-13-25(19-5-3-2-4-6-19)32-27(31-21)24-15-30-26-23(24)11-20(28)14-29-26;1-14-15-3-5-16(6-4-15)20(14)8-19-9-23(17-10-29-32(2)13-17)31-25(30-19)22-12-28-24-21(22)7-18(26)11-27-24;1-14-15-4-6-16(7-5-15)19(14)10-18-11-22(23-3-2-8-31-23)30-25(29-18)21-13-28-24-20(21)9-17(26)12-27-24/h2-6,13-17,19-20,26H,8-11H2,1H3,(H,30,31)(H,32,33,34);2-6,11,13-18,22H,7-10,12H2,1H3,(H,29,30);7,9-16,20H,3-6,8H2,1-2H3,(H,27,28);2-3,8-9,11-16,19H,4-7,10H2,1H3,(H,27,28)/t;16-,17?,18?,22+;;14-,15?,16?,19+/m.0.0/s1. The van der Waals surface area contributed by atoms with Crippen LogP contribution >= 0.6 is 0 Å². The summed E-state index contributed by atoms with van der Waals surface area (Å²) in [5.41, 5.74) is 14.8. The number of nitrogens with one attached hydrogen (secondary N) is 5. The lowest BCUT2D eigenvalue weighted by atomic mass is 9.58. The molecule has 28 rings (SSSR count). The normalized spacial score (nSPS) is 24.6. The highest BCUT2D eigenvalue weighted by Gasteiger charge is 2.45. The van der Waals surface area contributed by atoms with Gasteiger partial charge in [0.15, 0.2) is 29.1 Å². The summed E-state index contributed by atoms with van der Waals surface area (Å²) in [7, 11) is 1.90. The Bertz CT molecular complexity index is 6770. The number of aromatic amines is 4. The van der Waals surface area contributed by atoms with Crippen LogP contribution in [0.15, 0.2) is 194 Å². The predicted molar refractivity (Wildman–Crippen MR) is 494 cm³/mol. The summed E-state index contributed by atoms with van der Waals surface area (Å²) < 4.78 is 63.2. The fraction of sp³-hybridized carbons (Fsp3) is 0.381. The molecule has 14 heterocycles. The van der Waals surface area contributed by atoms with Gasteiger partial charge < -0.3 is 29.7 Å². The fourth-order valence-electron chi connectivity index (χ4n) is 23.8. The molecule has 2 aromatic carbocycles. The zero-order valence-corrected chi connectivity index (χ0v) is 73.3. The first-order valence-electron chi connectivity index (χ1n) is 46.5. The van der Waals surface area contributed by atoms with Crippen molar-refractivity contribution in [1.29, 1.82) is 0 Å². The van der Waals surface area contributed by atoms with E-state index in [2.05, 4.69) is 120 Å². The van der Waals surface area contributed by atoms with Crippen LogP contribution < -0.4 is 5.32 Å². The van der Waals surface area contributed by atoms with E-state index < -0.39 is 5.82 Å². The van der Waals surface area contributed by atoms with Crippen molar-refractivity contribution in [2.75, 3.05) is 5.32 Å². The highest BCUT2D eigenvalue weighted by atomic mass is 19.1. The van der Waals surface area contributed by atoms with Crippen molar-refractivity contribution >= 4 is 50.0 Å². The lowest BCUT2D eigenvalue weighted by molar-refractivity contribution is 0.0339. The summed E-state index contributed by atoms with van der Waals surface area (Å²) in [5, 5.41) is 10.8. The summed E-state index contributed by atoms with van der Waals surface area (Å²) in [6.45, 7) is 9.65. The molecule has 12 aliphatic rings. The first kappa shape index (κ1) is 83.0. The number of fused-ring (bicyclic) bond motifs is 16. The average Bonchev–Trinajstić information content (AvgIpc) is 1.75. The molecule has 8 bridgehead atoms. The van der Waals surface area contributed by atoms with E-state index in [0.29, 0.717) is 120 Å². The van der Waals surface area contributed by atoms with Crippen molar-refractivity contribution < 1.29 is 22.0 Å². The van der Waals surface area contributed by atoms with Gasteiger partial charge in [0.1, 0.15) is 63.1 Å². The van der Waals surface area contributed by atoms with Gasteiger partial charge in [0.2, 0.25) is 0 Å². The maximum Gasteiger partial charge on any atom is 0.165 e. The molecular formula is C105H105F4N19O. The summed E-state index contributed by atoms with van der Waals surface area (Å²) in [6, 6.07) is 38.5. The van der Waals surface area contributed by atoms with Gasteiger partial charge in [-0.3, -0.25) is 4.68 Å². The molecule has 16 aromatic rings. The molecule has 8 atom stereocenters. The first-order chi connectivity index (χ1) is 63.0. The monoisotopic (exact) mass is 1720 g/mol. The molecular weight excluding hydrogens is 1620 g/mol. The maximum absolute atomic E-state index is 14.0. The zero-order valence-electron chi connectivity index (χ0n) is 73.3. The van der Waals surface area contributed by atoms with Crippen molar-refractivity contribution in [2.24, 2.45) is 95.8 Å². The minimum absolute atomic E-state index is 0.357. The zero-order chi connectivity index (χ0) is 87.5. The Balaban J connectivity index is 0.000000104. The molecule has 4 unspecified atom stereocenters. The number of furan rings is 1. The van der Waals surface area contributed by atoms with E-state index in [0.717, 1.165) is 152 Å². The van der Waals surface area contributed by atoms with Gasteiger partial charge in [-0.15, -0.1) is 0 Å². The number of H-pyrrole nitrogens is 4. The van der Waals surface area contributed by atoms with E-state index in [1.807, 2.05) is 105 Å². The van der Waals surface area contributed by atoms with E-state index in [1.54, 1.807) is 17.1 Å². The number of nitrogens with zero attached hydrogens (tertiary/aromatic N) is 14. The van der Waals surface area contributed by atoms with Gasteiger partial charge in [0.25, 0.3) is 0 Å². The van der Waals surface area contributed by atoms with Gasteiger partial charge in [0, 0.05) is 128 Å². The number of anilines is 1. The maximum atomic E-state index is 14.0. The molecule has 14 aromatic heterocycles. The van der Waals surface area contributed by atoms with Gasteiger partial charge in [0.05, 0.1) is 48.6 Å². The van der Waals surface area contributed by atoms with Crippen LogP contribution in [0.25, 0.3) is 124 Å². The van der Waals surface area contributed by atoms with E-state index in [9.17, 15) is 17.6 Å². The lowest BCUT2D eigenvalue weighted by Gasteiger charge is -2.47. The van der Waals surface area contributed by atoms with Crippen LogP contribution in [0.5, 0.6) is 0 Å². The third-order valence-electron chi connectivity index (χ3n) is 30.8. The average molecular weight is 1730 g/mol. The van der Waals surface area contributed by atoms with Crippen LogP contribution in [0.4, 0.5) is 23.4 Å². The van der Waals surface area contributed by atoms with Crippen molar-refractivity contribution in [3.05, 3.63) is 241 Å². The van der Waals surface area contributed by atoms with Crippen molar-refractivity contribution in [2.45, 2.75) is 156 Å². The molecule has 129 heavy (non-hydrogen) atoms. The molecule has 0 amide bonds. The topological polar surface area (TPSA) is 261 Å². The van der Waals surface area contributed by atoms with Gasteiger partial charge in [-0.25, -0.2) is 77.4 Å². The molecule has 12 saturated carbocycles.